The minimum Gasteiger partial charge on any atom is -0.462 e. The third kappa shape index (κ3) is 77.2. The summed E-state index contributed by atoms with van der Waals surface area (Å²) in [4.78, 5) is 73.2. The zero-order chi connectivity index (χ0) is 77.2. The van der Waals surface area contributed by atoms with Crippen LogP contribution in [0.2, 0.25) is 0 Å². The van der Waals surface area contributed by atoms with Crippen molar-refractivity contribution < 1.29 is 80.2 Å². The van der Waals surface area contributed by atoms with E-state index in [1.165, 1.54) is 257 Å². The maximum Gasteiger partial charge on any atom is 0.472 e. The molecule has 0 aromatic rings. The molecule has 17 nitrogen and oxygen atoms in total. The molecule has 3 N–H and O–H groups in total. The van der Waals surface area contributed by atoms with Crippen molar-refractivity contribution >= 4 is 39.5 Å². The van der Waals surface area contributed by atoms with E-state index in [0.29, 0.717) is 25.7 Å². The van der Waals surface area contributed by atoms with Gasteiger partial charge in [-0.1, -0.05) is 402 Å². The van der Waals surface area contributed by atoms with Gasteiger partial charge in [-0.2, -0.15) is 0 Å². The third-order valence-electron chi connectivity index (χ3n) is 20.9. The highest BCUT2D eigenvalue weighted by Gasteiger charge is 2.30. The fraction of sp³-hybridized carbons (Fsp3) is 0.953. The van der Waals surface area contributed by atoms with Crippen LogP contribution in [0.1, 0.15) is 453 Å². The Kier molecular flexibility index (Phi) is 74.7. The Balaban J connectivity index is 5.23. The monoisotopic (exact) mass is 1540 g/mol. The lowest BCUT2D eigenvalue weighted by atomic mass is 9.99. The van der Waals surface area contributed by atoms with Gasteiger partial charge in [0.15, 0.2) is 12.2 Å². The Labute approximate surface area is 645 Å². The summed E-state index contributed by atoms with van der Waals surface area (Å²) in [6.45, 7) is 12.0. The first-order valence-corrected chi connectivity index (χ1v) is 47.4. The van der Waals surface area contributed by atoms with Crippen LogP contribution in [-0.4, -0.2) is 96.7 Å². The molecule has 0 rings (SSSR count). The summed E-state index contributed by atoms with van der Waals surface area (Å²) in [5, 5.41) is 10.7. The molecular formula is C86H168O17P2. The van der Waals surface area contributed by atoms with Crippen molar-refractivity contribution in [2.24, 2.45) is 17.8 Å². The van der Waals surface area contributed by atoms with Crippen LogP contribution >= 0.6 is 15.6 Å². The maximum atomic E-state index is 13.1. The molecule has 0 saturated carbocycles. The normalized spacial score (nSPS) is 14.4. The first kappa shape index (κ1) is 103. The number of esters is 4. The summed E-state index contributed by atoms with van der Waals surface area (Å²) in [5.74, 6) is 0.303. The summed E-state index contributed by atoms with van der Waals surface area (Å²) < 4.78 is 68.9. The number of hydrogen-bond donors (Lipinski definition) is 3. The fourth-order valence-electron chi connectivity index (χ4n) is 13.3. The molecule has 0 aliphatic rings. The van der Waals surface area contributed by atoms with Gasteiger partial charge in [0.2, 0.25) is 0 Å². The van der Waals surface area contributed by atoms with Crippen LogP contribution in [0.3, 0.4) is 0 Å². The van der Waals surface area contributed by atoms with E-state index in [4.69, 9.17) is 37.0 Å². The Morgan fingerprint density at radius 2 is 0.486 bits per heavy atom. The number of aliphatic hydroxyl groups excluding tert-OH is 1. The summed E-state index contributed by atoms with van der Waals surface area (Å²) in [6, 6.07) is 0. The molecule has 0 spiro atoms. The van der Waals surface area contributed by atoms with Crippen LogP contribution in [0.5, 0.6) is 0 Å². The second-order valence-electron chi connectivity index (χ2n) is 31.9. The lowest BCUT2D eigenvalue weighted by Crippen LogP contribution is -2.30. The number of ether oxygens (including phenoxy) is 4. The van der Waals surface area contributed by atoms with Gasteiger partial charge in [-0.3, -0.25) is 37.3 Å². The van der Waals surface area contributed by atoms with Gasteiger partial charge >= 0.3 is 39.5 Å². The molecule has 0 aliphatic carbocycles. The summed E-state index contributed by atoms with van der Waals surface area (Å²) >= 11 is 0. The van der Waals surface area contributed by atoms with E-state index in [1.807, 2.05) is 0 Å². The predicted molar refractivity (Wildman–Crippen MR) is 432 cm³/mol. The van der Waals surface area contributed by atoms with Gasteiger partial charge < -0.3 is 33.8 Å². The minimum atomic E-state index is -4.97. The first-order valence-electron chi connectivity index (χ1n) is 44.4. The van der Waals surface area contributed by atoms with Crippen LogP contribution in [0.4, 0.5) is 0 Å². The van der Waals surface area contributed by atoms with E-state index >= 15 is 0 Å². The number of phosphoric ester groups is 2. The van der Waals surface area contributed by atoms with E-state index in [9.17, 15) is 43.2 Å². The van der Waals surface area contributed by atoms with E-state index in [-0.39, 0.29) is 25.7 Å². The number of unbranched alkanes of at least 4 members (excludes halogenated alkanes) is 50. The van der Waals surface area contributed by atoms with Crippen molar-refractivity contribution in [1.82, 2.24) is 0 Å². The summed E-state index contributed by atoms with van der Waals surface area (Å²) in [6.07, 6.45) is 66.6. The van der Waals surface area contributed by atoms with Crippen molar-refractivity contribution in [3.63, 3.8) is 0 Å². The second-order valence-corrected chi connectivity index (χ2v) is 34.8. The summed E-state index contributed by atoms with van der Waals surface area (Å²) in [7, 11) is -9.93. The molecule has 19 heteroatoms. The highest BCUT2D eigenvalue weighted by atomic mass is 31.2. The molecule has 7 atom stereocenters. The standard InChI is InChI=1S/C86H168O17P2/c1-8-11-12-13-14-15-16-17-23-31-36-41-46-55-62-70-86(91)103-82(74-97-84(89)68-61-54-49-48-52-59-66-79(7)10-3)76-101-105(94,95)99-72-80(87)71-98-104(92,93)100-75-81(73-96-83(88)67-60-53-45-40-35-30-27-22-24-28-33-38-43-50-57-64-77(4)5)102-85(90)69-63-56-47-42-37-32-26-21-19-18-20-25-29-34-39-44-51-58-65-78(6)9-2/h77-82,87H,8-76H2,1-7H3,(H,92,93)(H,94,95)/t78?,79?,80-,81-,82-/m1/s1. The number of aliphatic hydroxyl groups is 1. The fourth-order valence-corrected chi connectivity index (χ4v) is 14.9. The van der Waals surface area contributed by atoms with Crippen molar-refractivity contribution in [3.05, 3.63) is 0 Å². The first-order chi connectivity index (χ1) is 50.8. The molecule has 0 aromatic heterocycles. The van der Waals surface area contributed by atoms with Gasteiger partial charge in [-0.05, 0) is 43.4 Å². The number of rotatable bonds is 84. The highest BCUT2D eigenvalue weighted by Crippen LogP contribution is 2.45. The lowest BCUT2D eigenvalue weighted by Gasteiger charge is -2.21. The molecule has 624 valence electrons. The zero-order valence-electron chi connectivity index (χ0n) is 69.2. The van der Waals surface area contributed by atoms with Crippen molar-refractivity contribution in [3.8, 4) is 0 Å². The molecule has 0 aliphatic heterocycles. The van der Waals surface area contributed by atoms with Gasteiger partial charge in [0, 0.05) is 25.7 Å². The van der Waals surface area contributed by atoms with Crippen molar-refractivity contribution in [2.75, 3.05) is 39.6 Å². The van der Waals surface area contributed by atoms with E-state index < -0.39 is 97.5 Å². The van der Waals surface area contributed by atoms with Crippen LogP contribution in [0.15, 0.2) is 0 Å². The second kappa shape index (κ2) is 76.1. The maximum absolute atomic E-state index is 13.1. The largest absolute Gasteiger partial charge is 0.472 e. The zero-order valence-corrected chi connectivity index (χ0v) is 71.0. The number of carbonyl (C=O) groups is 4. The minimum absolute atomic E-state index is 0.107. The average Bonchev–Trinajstić information content (AvgIpc) is 0.908. The SMILES string of the molecule is CCCCCCCCCCCCCCCCCC(=O)O[C@H](COC(=O)CCCCCCCCC(C)CC)COP(=O)(O)OC[C@H](O)COP(=O)(O)OC[C@@H](COC(=O)CCCCCCCCCCCCCCCCCC(C)C)OC(=O)CCCCCCCCCCCCCCCCCCCCC(C)CC. The number of phosphoric acid groups is 2. The smallest absolute Gasteiger partial charge is 0.462 e. The number of hydrogen-bond acceptors (Lipinski definition) is 15. The van der Waals surface area contributed by atoms with Crippen LogP contribution in [0.25, 0.3) is 0 Å². The van der Waals surface area contributed by atoms with Crippen LogP contribution in [-0.2, 0) is 65.4 Å². The van der Waals surface area contributed by atoms with Gasteiger partial charge in [0.05, 0.1) is 26.4 Å². The van der Waals surface area contributed by atoms with Gasteiger partial charge in [-0.25, -0.2) is 9.13 Å². The molecule has 0 radical (unpaired) electrons. The molecule has 4 unspecified atom stereocenters. The molecule has 0 aromatic carbocycles. The van der Waals surface area contributed by atoms with E-state index in [0.717, 1.165) is 114 Å². The van der Waals surface area contributed by atoms with Crippen molar-refractivity contribution in [1.29, 1.82) is 0 Å². The third-order valence-corrected chi connectivity index (χ3v) is 22.8. The highest BCUT2D eigenvalue weighted by molar-refractivity contribution is 7.47. The Morgan fingerprint density at radius 3 is 0.724 bits per heavy atom. The molecule has 0 amide bonds. The van der Waals surface area contributed by atoms with Crippen LogP contribution < -0.4 is 0 Å². The molecular weight excluding hydrogens is 1370 g/mol. The Bertz CT molecular complexity index is 2030. The molecule has 0 bridgehead atoms. The lowest BCUT2D eigenvalue weighted by molar-refractivity contribution is -0.161. The molecule has 105 heavy (non-hydrogen) atoms. The summed E-state index contributed by atoms with van der Waals surface area (Å²) in [5.41, 5.74) is 0. The number of carbonyl (C=O) groups excluding carboxylic acids is 4. The molecule has 0 saturated heterocycles. The van der Waals surface area contributed by atoms with Gasteiger partial charge in [-0.15, -0.1) is 0 Å². The Hall–Kier alpha value is -1.94. The average molecular weight is 1540 g/mol. The van der Waals surface area contributed by atoms with E-state index in [1.54, 1.807) is 0 Å². The van der Waals surface area contributed by atoms with Crippen LogP contribution in [0, 0.1) is 17.8 Å². The van der Waals surface area contributed by atoms with E-state index in [2.05, 4.69) is 48.5 Å². The van der Waals surface area contributed by atoms with Gasteiger partial charge in [0.25, 0.3) is 0 Å². The van der Waals surface area contributed by atoms with Crippen molar-refractivity contribution in [2.45, 2.75) is 471 Å². The molecule has 0 heterocycles. The Morgan fingerprint density at radius 1 is 0.276 bits per heavy atom. The quantitative estimate of drug-likeness (QED) is 0.0222. The topological polar surface area (TPSA) is 237 Å². The van der Waals surface area contributed by atoms with Gasteiger partial charge in [0.1, 0.15) is 19.3 Å². The molecule has 0 fully saturated rings. The predicted octanol–water partition coefficient (Wildman–Crippen LogP) is 26.1.